The zero-order chi connectivity index (χ0) is 44.0. The maximum atomic E-state index is 11.1. The summed E-state index contributed by atoms with van der Waals surface area (Å²) in [7, 11) is 4.91. The highest BCUT2D eigenvalue weighted by Crippen LogP contribution is 2.45. The Kier molecular flexibility index (Phi) is 14.8. The minimum absolute atomic E-state index is 0.245. The predicted molar refractivity (Wildman–Crippen MR) is 236 cm³/mol. The van der Waals surface area contributed by atoms with Crippen molar-refractivity contribution in [2.75, 3.05) is 61.0 Å². The standard InChI is InChI=1S/C51H48O12/c1-55-49-43-28-38-11-20-47(62-26-23-59-41-15-6-35(32-53)7-16-41)51(57-3)45(38)30-39-12-21-48(63-27-24-60-42-17-8-36(33-54)9-18-42)50(56-2)44(39)29-37(43)10-19-46(49)61-25-22-58-40-13-4-34(31-52)5-14-40/h4-21,31-33H,22-30H2,1-3H3. The molecule has 0 N–H and O–H groups in total. The van der Waals surface area contributed by atoms with Gasteiger partial charge in [-0.2, -0.15) is 0 Å². The van der Waals surface area contributed by atoms with Crippen LogP contribution in [0.4, 0.5) is 0 Å². The molecular weight excluding hydrogens is 805 g/mol. The molecule has 12 heteroatoms. The fourth-order valence-corrected chi connectivity index (χ4v) is 7.46. The molecule has 0 spiro atoms. The van der Waals surface area contributed by atoms with Gasteiger partial charge in [0.05, 0.1) is 21.3 Å². The van der Waals surface area contributed by atoms with E-state index in [1.807, 2.05) is 18.2 Å². The van der Waals surface area contributed by atoms with Crippen molar-refractivity contribution in [2.45, 2.75) is 19.3 Å². The lowest BCUT2D eigenvalue weighted by Crippen LogP contribution is -2.11. The fourth-order valence-electron chi connectivity index (χ4n) is 7.46. The maximum Gasteiger partial charge on any atom is 0.164 e. The second-order valence-corrected chi connectivity index (χ2v) is 14.4. The van der Waals surface area contributed by atoms with E-state index in [4.69, 9.17) is 42.6 Å². The third-order valence-electron chi connectivity index (χ3n) is 10.6. The SMILES string of the molecule is COc1c(OCCOc2ccc(C=O)cc2)ccc2c1Cc1ccc(OCCOc3ccc(C=O)cc3)c(OC)c1Cc1ccc(OCCOc3ccc(C=O)cc3)c(OC)c1C2. The molecule has 0 amide bonds. The summed E-state index contributed by atoms with van der Waals surface area (Å²) >= 11 is 0. The summed E-state index contributed by atoms with van der Waals surface area (Å²) in [6.07, 6.45) is 3.85. The summed E-state index contributed by atoms with van der Waals surface area (Å²) in [4.78, 5) is 33.2. The van der Waals surface area contributed by atoms with Crippen LogP contribution in [0.15, 0.2) is 109 Å². The van der Waals surface area contributed by atoms with Crippen molar-refractivity contribution in [3.63, 3.8) is 0 Å². The number of carbonyl (C=O) groups excluding carboxylic acids is 3. The Morgan fingerprint density at radius 1 is 0.349 bits per heavy atom. The van der Waals surface area contributed by atoms with E-state index in [9.17, 15) is 14.4 Å². The molecule has 1 aliphatic carbocycles. The van der Waals surface area contributed by atoms with E-state index in [0.717, 1.165) is 52.2 Å². The molecule has 7 rings (SSSR count). The van der Waals surface area contributed by atoms with Gasteiger partial charge in [0.1, 0.15) is 75.7 Å². The Balaban J connectivity index is 1.18. The van der Waals surface area contributed by atoms with Crippen LogP contribution in [0.1, 0.15) is 64.5 Å². The van der Waals surface area contributed by atoms with Crippen LogP contribution in [0.25, 0.3) is 0 Å². The van der Waals surface area contributed by atoms with E-state index in [0.29, 0.717) is 87.7 Å². The molecular formula is C51H48O12. The molecule has 0 heterocycles. The molecule has 0 aliphatic heterocycles. The quantitative estimate of drug-likeness (QED) is 0.0506. The normalized spacial score (nSPS) is 11.5. The lowest BCUT2D eigenvalue weighted by Gasteiger charge is -2.20. The molecule has 12 nitrogen and oxygen atoms in total. The first-order valence-electron chi connectivity index (χ1n) is 20.4. The van der Waals surface area contributed by atoms with Crippen molar-refractivity contribution >= 4 is 18.9 Å². The fraction of sp³-hybridized carbons (Fsp3) is 0.235. The monoisotopic (exact) mass is 852 g/mol. The summed E-state index contributed by atoms with van der Waals surface area (Å²) in [6.45, 7) is 1.54. The second kappa shape index (κ2) is 21.4. The van der Waals surface area contributed by atoms with Crippen LogP contribution in [-0.4, -0.2) is 79.8 Å². The summed E-state index contributed by atoms with van der Waals surface area (Å²) < 4.78 is 55.0. The lowest BCUT2D eigenvalue weighted by atomic mass is 9.93. The second-order valence-electron chi connectivity index (χ2n) is 14.4. The molecule has 0 radical (unpaired) electrons. The molecule has 0 aromatic heterocycles. The molecule has 0 bridgehead atoms. The van der Waals surface area contributed by atoms with E-state index >= 15 is 0 Å². The van der Waals surface area contributed by atoms with Crippen LogP contribution in [-0.2, 0) is 19.3 Å². The van der Waals surface area contributed by atoms with Gasteiger partial charge < -0.3 is 42.6 Å². The molecule has 0 saturated heterocycles. The van der Waals surface area contributed by atoms with Crippen molar-refractivity contribution in [3.05, 3.63) is 159 Å². The van der Waals surface area contributed by atoms with Gasteiger partial charge in [-0.25, -0.2) is 0 Å². The first kappa shape index (κ1) is 43.6. The Morgan fingerprint density at radius 3 is 0.841 bits per heavy atom. The Labute approximate surface area is 366 Å². The van der Waals surface area contributed by atoms with Crippen LogP contribution in [0.3, 0.4) is 0 Å². The molecule has 0 saturated carbocycles. The highest BCUT2D eigenvalue weighted by molar-refractivity contribution is 5.76. The zero-order valence-corrected chi connectivity index (χ0v) is 35.4. The van der Waals surface area contributed by atoms with E-state index in [1.165, 1.54) is 0 Å². The van der Waals surface area contributed by atoms with Gasteiger partial charge in [-0.15, -0.1) is 0 Å². The molecule has 6 aromatic carbocycles. The lowest BCUT2D eigenvalue weighted by molar-refractivity contribution is 0.111. The minimum Gasteiger partial charge on any atom is -0.493 e. The average Bonchev–Trinajstić information content (AvgIpc) is 3.39. The third kappa shape index (κ3) is 10.7. The summed E-state index contributed by atoms with van der Waals surface area (Å²) in [5.41, 5.74) is 7.54. The van der Waals surface area contributed by atoms with Crippen LogP contribution >= 0.6 is 0 Å². The van der Waals surface area contributed by atoms with Crippen LogP contribution in [0, 0.1) is 0 Å². The third-order valence-corrected chi connectivity index (χ3v) is 10.6. The van der Waals surface area contributed by atoms with Crippen molar-refractivity contribution in [1.82, 2.24) is 0 Å². The van der Waals surface area contributed by atoms with Gasteiger partial charge in [-0.3, -0.25) is 14.4 Å². The number of fused-ring (bicyclic) bond motifs is 3. The summed E-state index contributed by atoms with van der Waals surface area (Å²) in [6, 6.07) is 32.6. The Hall–Kier alpha value is -7.47. The van der Waals surface area contributed by atoms with Gasteiger partial charge in [0.25, 0.3) is 0 Å². The number of aldehydes is 3. The number of hydrogen-bond donors (Lipinski definition) is 0. The number of ether oxygens (including phenoxy) is 9. The highest BCUT2D eigenvalue weighted by Gasteiger charge is 2.27. The van der Waals surface area contributed by atoms with E-state index in [2.05, 4.69) is 18.2 Å². The first-order valence-corrected chi connectivity index (χ1v) is 20.4. The van der Waals surface area contributed by atoms with Crippen LogP contribution in [0.5, 0.6) is 51.7 Å². The number of rotatable bonds is 21. The molecule has 63 heavy (non-hydrogen) atoms. The van der Waals surface area contributed by atoms with Gasteiger partial charge in [0.2, 0.25) is 0 Å². The summed E-state index contributed by atoms with van der Waals surface area (Å²) in [5.74, 6) is 5.38. The Bertz CT molecular complexity index is 2220. The average molecular weight is 853 g/mol. The van der Waals surface area contributed by atoms with Gasteiger partial charge in [0.15, 0.2) is 34.5 Å². The van der Waals surface area contributed by atoms with Gasteiger partial charge in [0, 0.05) is 52.6 Å². The molecule has 6 aromatic rings. The molecule has 0 unspecified atom stereocenters. The minimum atomic E-state index is 0.245. The molecule has 0 atom stereocenters. The Morgan fingerprint density at radius 2 is 0.603 bits per heavy atom. The number of benzene rings is 6. The largest absolute Gasteiger partial charge is 0.493 e. The van der Waals surface area contributed by atoms with E-state index < -0.39 is 0 Å². The number of carbonyl (C=O) groups is 3. The predicted octanol–water partition coefficient (Wildman–Crippen LogP) is 8.61. The van der Waals surface area contributed by atoms with Gasteiger partial charge in [-0.1, -0.05) is 18.2 Å². The van der Waals surface area contributed by atoms with Crippen molar-refractivity contribution in [2.24, 2.45) is 0 Å². The van der Waals surface area contributed by atoms with Crippen LogP contribution < -0.4 is 42.6 Å². The number of methoxy groups -OCH3 is 3. The van der Waals surface area contributed by atoms with Crippen molar-refractivity contribution < 1.29 is 57.0 Å². The topological polar surface area (TPSA) is 134 Å². The maximum absolute atomic E-state index is 11.1. The summed E-state index contributed by atoms with van der Waals surface area (Å²) in [5, 5.41) is 0. The van der Waals surface area contributed by atoms with Crippen molar-refractivity contribution in [3.8, 4) is 51.7 Å². The number of hydrogen-bond acceptors (Lipinski definition) is 12. The highest BCUT2D eigenvalue weighted by atomic mass is 16.6. The zero-order valence-electron chi connectivity index (χ0n) is 35.4. The van der Waals surface area contributed by atoms with Gasteiger partial charge in [-0.05, 0) is 108 Å². The van der Waals surface area contributed by atoms with Crippen LogP contribution in [0.2, 0.25) is 0 Å². The van der Waals surface area contributed by atoms with E-state index in [-0.39, 0.29) is 39.6 Å². The molecule has 1 aliphatic rings. The van der Waals surface area contributed by atoms with Crippen molar-refractivity contribution in [1.29, 1.82) is 0 Å². The van der Waals surface area contributed by atoms with Gasteiger partial charge >= 0.3 is 0 Å². The first-order chi connectivity index (χ1) is 30.9. The van der Waals surface area contributed by atoms with E-state index in [1.54, 1.807) is 94.1 Å². The smallest absolute Gasteiger partial charge is 0.164 e. The molecule has 324 valence electrons. The molecule has 0 fully saturated rings.